The summed E-state index contributed by atoms with van der Waals surface area (Å²) >= 11 is 0. The summed E-state index contributed by atoms with van der Waals surface area (Å²) in [6.45, 7) is 0. The lowest BCUT2D eigenvalue weighted by Crippen LogP contribution is -2.14. The predicted octanol–water partition coefficient (Wildman–Crippen LogP) is 7.97. The van der Waals surface area contributed by atoms with Gasteiger partial charge in [-0.2, -0.15) is 0 Å². The zero-order valence-corrected chi connectivity index (χ0v) is 17.4. The highest BCUT2D eigenvalue weighted by atomic mass is 14.4. The first-order chi connectivity index (χ1) is 15.4. The van der Waals surface area contributed by atoms with Crippen molar-refractivity contribution in [3.8, 4) is 11.1 Å². The van der Waals surface area contributed by atoms with Crippen LogP contribution in [0.15, 0.2) is 121 Å². The highest BCUT2D eigenvalue weighted by Gasteiger charge is 2.37. The van der Waals surface area contributed by atoms with Crippen LogP contribution in [0, 0.1) is 0 Å². The van der Waals surface area contributed by atoms with Crippen molar-refractivity contribution < 1.29 is 0 Å². The van der Waals surface area contributed by atoms with Gasteiger partial charge in [0.1, 0.15) is 0 Å². The normalized spacial score (nSPS) is 16.3. The molecular formula is C31H24. The topological polar surface area (TPSA) is 0 Å². The van der Waals surface area contributed by atoms with Gasteiger partial charge in [0, 0.05) is 11.8 Å². The Morgan fingerprint density at radius 2 is 1.19 bits per heavy atom. The first-order valence-corrected chi connectivity index (χ1v) is 11.1. The minimum Gasteiger partial charge on any atom is -0.0801 e. The van der Waals surface area contributed by atoms with Crippen LogP contribution in [0.2, 0.25) is 0 Å². The maximum atomic E-state index is 2.34. The number of benzene rings is 4. The smallest absolute Gasteiger partial charge is 0.0217 e. The van der Waals surface area contributed by atoms with E-state index in [1.54, 1.807) is 0 Å². The lowest BCUT2D eigenvalue weighted by atomic mass is 9.74. The maximum Gasteiger partial charge on any atom is 0.0217 e. The summed E-state index contributed by atoms with van der Waals surface area (Å²) in [5.41, 5.74) is 11.3. The van der Waals surface area contributed by atoms with Gasteiger partial charge in [-0.25, -0.2) is 0 Å². The van der Waals surface area contributed by atoms with Crippen molar-refractivity contribution >= 4 is 5.57 Å². The van der Waals surface area contributed by atoms with Gasteiger partial charge in [0.15, 0.2) is 0 Å². The Morgan fingerprint density at radius 3 is 1.87 bits per heavy atom. The highest BCUT2D eigenvalue weighted by molar-refractivity contribution is 5.87. The Morgan fingerprint density at radius 1 is 0.581 bits per heavy atom. The van der Waals surface area contributed by atoms with Gasteiger partial charge in [-0.3, -0.25) is 0 Å². The van der Waals surface area contributed by atoms with Gasteiger partial charge < -0.3 is 0 Å². The van der Waals surface area contributed by atoms with Crippen LogP contribution in [-0.2, 0) is 0 Å². The van der Waals surface area contributed by atoms with Gasteiger partial charge in [-0.05, 0) is 50.9 Å². The molecule has 6 rings (SSSR count). The summed E-state index contributed by atoms with van der Waals surface area (Å²) in [4.78, 5) is 0. The molecule has 2 aliphatic rings. The fraction of sp³-hybridized carbons (Fsp3) is 0.0968. The molecule has 0 heteroatoms. The molecule has 0 amide bonds. The van der Waals surface area contributed by atoms with E-state index < -0.39 is 0 Å². The third-order valence-electron chi connectivity index (χ3n) is 6.77. The highest BCUT2D eigenvalue weighted by Crippen LogP contribution is 2.55. The third-order valence-corrected chi connectivity index (χ3v) is 6.77. The molecule has 0 heterocycles. The average Bonchev–Trinajstić information content (AvgIpc) is 3.48. The van der Waals surface area contributed by atoms with E-state index in [2.05, 4.69) is 121 Å². The van der Waals surface area contributed by atoms with E-state index in [1.807, 2.05) is 0 Å². The molecule has 0 saturated carbocycles. The maximum absolute atomic E-state index is 2.34. The van der Waals surface area contributed by atoms with Crippen molar-refractivity contribution in [3.63, 3.8) is 0 Å². The molecule has 0 nitrogen and oxygen atoms in total. The Hall–Kier alpha value is -3.64. The first-order valence-electron chi connectivity index (χ1n) is 11.1. The number of hydrogen-bond donors (Lipinski definition) is 0. The molecule has 0 N–H and O–H groups in total. The van der Waals surface area contributed by atoms with Crippen molar-refractivity contribution in [3.05, 3.63) is 149 Å². The van der Waals surface area contributed by atoms with Crippen LogP contribution in [0.3, 0.4) is 0 Å². The molecule has 0 radical (unpaired) electrons. The van der Waals surface area contributed by atoms with E-state index >= 15 is 0 Å². The predicted molar refractivity (Wildman–Crippen MR) is 130 cm³/mol. The van der Waals surface area contributed by atoms with E-state index in [1.165, 1.54) is 44.5 Å². The third kappa shape index (κ3) is 2.99. The Balaban J connectivity index is 1.64. The molecule has 0 aliphatic heterocycles. The monoisotopic (exact) mass is 396 g/mol. The zero-order valence-electron chi connectivity index (χ0n) is 17.4. The summed E-state index contributed by atoms with van der Waals surface area (Å²) in [7, 11) is 0. The molecule has 31 heavy (non-hydrogen) atoms. The molecule has 2 aliphatic carbocycles. The second-order valence-corrected chi connectivity index (χ2v) is 8.45. The van der Waals surface area contributed by atoms with Crippen LogP contribution in [0.25, 0.3) is 16.7 Å². The SMILES string of the molecule is C1=CCC(c2cccc3c2C(C(c2ccccc2)c2ccccc2)c2ccccc2-3)=C1. The molecule has 0 bridgehead atoms. The molecule has 1 unspecified atom stereocenters. The van der Waals surface area contributed by atoms with Gasteiger partial charge >= 0.3 is 0 Å². The van der Waals surface area contributed by atoms with Crippen LogP contribution in [0.5, 0.6) is 0 Å². The molecule has 1 atom stereocenters. The summed E-state index contributed by atoms with van der Waals surface area (Å²) in [6.07, 6.45) is 7.76. The molecule has 0 saturated heterocycles. The van der Waals surface area contributed by atoms with Gasteiger partial charge in [0.25, 0.3) is 0 Å². The Bertz CT molecular complexity index is 1250. The minimum absolute atomic E-state index is 0.265. The van der Waals surface area contributed by atoms with E-state index in [9.17, 15) is 0 Å². The summed E-state index contributed by atoms with van der Waals surface area (Å²) < 4.78 is 0. The van der Waals surface area contributed by atoms with Gasteiger partial charge in [-0.15, -0.1) is 0 Å². The quantitative estimate of drug-likeness (QED) is 0.328. The van der Waals surface area contributed by atoms with E-state index in [0.717, 1.165) is 6.42 Å². The Labute approximate surface area is 184 Å². The van der Waals surface area contributed by atoms with Crippen molar-refractivity contribution in [2.24, 2.45) is 0 Å². The van der Waals surface area contributed by atoms with E-state index in [0.29, 0.717) is 0 Å². The van der Waals surface area contributed by atoms with Gasteiger partial charge in [-0.1, -0.05) is 121 Å². The summed E-state index contributed by atoms with van der Waals surface area (Å²) in [6, 6.07) is 37.9. The van der Waals surface area contributed by atoms with Gasteiger partial charge in [0.05, 0.1) is 0 Å². The average molecular weight is 397 g/mol. The minimum atomic E-state index is 0.265. The number of fused-ring (bicyclic) bond motifs is 3. The standard InChI is InChI=1S/C31H24/c1-3-14-23(15-4-1)29(24-16-5-2-6-17-24)31-28-19-10-9-18-26(28)27-21-11-20-25(30(27)31)22-12-7-8-13-22/h1-12,14-21,29,31H,13H2. The van der Waals surface area contributed by atoms with Crippen LogP contribution in [-0.4, -0.2) is 0 Å². The van der Waals surface area contributed by atoms with E-state index in [4.69, 9.17) is 0 Å². The van der Waals surface area contributed by atoms with Crippen molar-refractivity contribution in [1.29, 1.82) is 0 Å². The molecule has 0 spiro atoms. The second kappa shape index (κ2) is 7.56. The summed E-state index contributed by atoms with van der Waals surface area (Å²) in [5.74, 6) is 0.551. The molecular weight excluding hydrogens is 372 g/mol. The fourth-order valence-electron chi connectivity index (χ4n) is 5.48. The number of allylic oxidation sites excluding steroid dienone is 4. The first kappa shape index (κ1) is 18.2. The van der Waals surface area contributed by atoms with Crippen molar-refractivity contribution in [2.75, 3.05) is 0 Å². The van der Waals surface area contributed by atoms with Crippen molar-refractivity contribution in [2.45, 2.75) is 18.3 Å². The molecule has 4 aromatic rings. The van der Waals surface area contributed by atoms with Crippen LogP contribution < -0.4 is 0 Å². The zero-order chi connectivity index (χ0) is 20.6. The summed E-state index contributed by atoms with van der Waals surface area (Å²) in [5, 5.41) is 0. The number of rotatable bonds is 4. The lowest BCUT2D eigenvalue weighted by molar-refractivity contribution is 0.706. The van der Waals surface area contributed by atoms with Crippen LogP contribution >= 0.6 is 0 Å². The number of hydrogen-bond acceptors (Lipinski definition) is 0. The van der Waals surface area contributed by atoms with Gasteiger partial charge in [0.2, 0.25) is 0 Å². The van der Waals surface area contributed by atoms with Crippen LogP contribution in [0.1, 0.15) is 46.1 Å². The largest absolute Gasteiger partial charge is 0.0801 e. The van der Waals surface area contributed by atoms with E-state index in [-0.39, 0.29) is 11.8 Å². The van der Waals surface area contributed by atoms with Crippen LogP contribution in [0.4, 0.5) is 0 Å². The Kier molecular flexibility index (Phi) is 4.43. The lowest BCUT2D eigenvalue weighted by Gasteiger charge is -2.28. The second-order valence-electron chi connectivity index (χ2n) is 8.45. The van der Waals surface area contributed by atoms with Crippen molar-refractivity contribution in [1.82, 2.24) is 0 Å². The fourth-order valence-corrected chi connectivity index (χ4v) is 5.48. The molecule has 4 aromatic carbocycles. The molecule has 0 fully saturated rings. The molecule has 0 aromatic heterocycles. The molecule has 148 valence electrons.